The Kier molecular flexibility index (Phi) is 8.35. The Morgan fingerprint density at radius 1 is 0.233 bits per heavy atom. The second-order valence-electron chi connectivity index (χ2n) is 19.6. The van der Waals surface area contributed by atoms with Gasteiger partial charge in [-0.15, -0.1) is 0 Å². The highest BCUT2D eigenvalue weighted by Crippen LogP contribution is 2.64. The second kappa shape index (κ2) is 15.2. The van der Waals surface area contributed by atoms with Gasteiger partial charge in [0.1, 0.15) is 22.3 Å². The van der Waals surface area contributed by atoms with Gasteiger partial charge in [-0.3, -0.25) is 0 Å². The number of hydrogen-bond acceptors (Lipinski definition) is 4. The van der Waals surface area contributed by atoms with Gasteiger partial charge in [0, 0.05) is 55.7 Å². The summed E-state index contributed by atoms with van der Waals surface area (Å²) >= 11 is 0. The minimum absolute atomic E-state index is 0.550. The maximum atomic E-state index is 6.30. The maximum Gasteiger partial charge on any atom is 0.135 e. The van der Waals surface area contributed by atoms with Gasteiger partial charge in [0.05, 0.1) is 5.41 Å². The molecule has 2 aliphatic carbocycles. The molecular weight excluding hydrogens is 889 g/mol. The first kappa shape index (κ1) is 40.1. The lowest BCUT2D eigenvalue weighted by Gasteiger charge is -2.31. The molecular formula is C69H42N2O2. The number of benzene rings is 12. The van der Waals surface area contributed by atoms with E-state index in [1.165, 1.54) is 66.1 Å². The minimum Gasteiger partial charge on any atom is -0.456 e. The molecule has 4 nitrogen and oxygen atoms in total. The first-order valence-electron chi connectivity index (χ1n) is 25.1. The first-order valence-corrected chi connectivity index (χ1v) is 25.1. The predicted molar refractivity (Wildman–Crippen MR) is 302 cm³/mol. The summed E-state index contributed by atoms with van der Waals surface area (Å²) in [4.78, 5) is 4.74. The summed E-state index contributed by atoms with van der Waals surface area (Å²) in [6.45, 7) is 0. The van der Waals surface area contributed by atoms with Gasteiger partial charge in [-0.1, -0.05) is 133 Å². The summed E-state index contributed by atoms with van der Waals surface area (Å²) in [5, 5.41) is 9.20. The zero-order valence-corrected chi connectivity index (χ0v) is 39.5. The zero-order valence-electron chi connectivity index (χ0n) is 39.5. The van der Waals surface area contributed by atoms with Crippen molar-refractivity contribution in [2.24, 2.45) is 0 Å². The highest BCUT2D eigenvalue weighted by molar-refractivity contribution is 6.09. The van der Waals surface area contributed by atoms with E-state index in [1.54, 1.807) is 0 Å². The summed E-state index contributed by atoms with van der Waals surface area (Å²) in [5.74, 6) is 0. The van der Waals surface area contributed by atoms with Crippen LogP contribution in [0, 0.1) is 0 Å². The van der Waals surface area contributed by atoms with Crippen molar-refractivity contribution in [3.63, 3.8) is 0 Å². The van der Waals surface area contributed by atoms with Gasteiger partial charge < -0.3 is 18.6 Å². The van der Waals surface area contributed by atoms with Crippen molar-refractivity contribution in [1.82, 2.24) is 0 Å². The first-order chi connectivity index (χ1) is 36.2. The molecule has 2 heterocycles. The van der Waals surface area contributed by atoms with E-state index in [0.29, 0.717) is 0 Å². The van der Waals surface area contributed by atoms with Crippen LogP contribution in [0.1, 0.15) is 22.3 Å². The van der Waals surface area contributed by atoms with Crippen molar-refractivity contribution >= 4 is 99.5 Å². The van der Waals surface area contributed by atoms with Gasteiger partial charge >= 0.3 is 0 Å². The summed E-state index contributed by atoms with van der Waals surface area (Å²) in [5.41, 5.74) is 19.9. The van der Waals surface area contributed by atoms with Crippen LogP contribution < -0.4 is 9.80 Å². The van der Waals surface area contributed by atoms with Crippen molar-refractivity contribution < 1.29 is 8.83 Å². The Bertz CT molecular complexity index is 4290. The van der Waals surface area contributed by atoms with Gasteiger partial charge in [-0.2, -0.15) is 0 Å². The van der Waals surface area contributed by atoms with Crippen molar-refractivity contribution in [2.75, 3.05) is 9.80 Å². The molecule has 0 saturated carbocycles. The van der Waals surface area contributed by atoms with E-state index in [2.05, 4.69) is 240 Å². The second-order valence-corrected chi connectivity index (χ2v) is 19.6. The number of rotatable bonds is 6. The Balaban J connectivity index is 0.902. The fraction of sp³-hybridized carbons (Fsp3) is 0.0145. The number of hydrogen-bond donors (Lipinski definition) is 0. The van der Waals surface area contributed by atoms with E-state index in [0.717, 1.165) is 78.0 Å². The van der Waals surface area contributed by atoms with Crippen LogP contribution in [0.4, 0.5) is 34.1 Å². The van der Waals surface area contributed by atoms with E-state index in [4.69, 9.17) is 8.83 Å². The van der Waals surface area contributed by atoms with Crippen LogP contribution in [-0.4, -0.2) is 0 Å². The third-order valence-corrected chi connectivity index (χ3v) is 15.8. The lowest BCUT2D eigenvalue weighted by Crippen LogP contribution is -2.25. The normalized spacial score (nSPS) is 13.0. The number of nitrogens with zero attached hydrogens (tertiary/aromatic N) is 2. The molecule has 0 N–H and O–H groups in total. The fourth-order valence-corrected chi connectivity index (χ4v) is 12.6. The summed E-state index contributed by atoms with van der Waals surface area (Å²) in [6, 6.07) is 93.2. The van der Waals surface area contributed by atoms with Crippen LogP contribution in [0.15, 0.2) is 264 Å². The predicted octanol–water partition coefficient (Wildman–Crippen LogP) is 19.1. The van der Waals surface area contributed by atoms with Crippen molar-refractivity contribution in [3.8, 4) is 22.3 Å². The molecule has 0 bridgehead atoms. The van der Waals surface area contributed by atoms with Crippen LogP contribution in [0.5, 0.6) is 0 Å². The van der Waals surface area contributed by atoms with E-state index in [-0.39, 0.29) is 0 Å². The van der Waals surface area contributed by atoms with E-state index in [9.17, 15) is 0 Å². The standard InChI is InChI=1S/C69H42N2O2/c1-3-15-47(16-4-1)70(51-31-33-67-59(41-51)55-21-9-13-25-65(55)72-67)49-29-27-43-37-57-58-38-44-28-30-50(71(48-17-5-2-6-18-48)52-32-34-68-60(42-52)56-22-10-14-26-66(56)73-68)36-46(44)40-64(58)69(63(57)39-45(43)35-49)61-23-11-7-19-53(61)54-20-8-12-24-62(54)69/h1-42H. The zero-order chi connectivity index (χ0) is 47.8. The lowest BCUT2D eigenvalue weighted by molar-refractivity contribution is 0.668. The SMILES string of the molecule is c1ccc(N(c2ccc3cc4c(cc3c2)C2(c3ccccc3-c3ccccc32)c2cc3cc(N(c5ccccc5)c5ccc6oc7ccccc7c6c5)ccc3cc2-4)c2ccc3oc4ccccc4c3c2)cc1. The highest BCUT2D eigenvalue weighted by atomic mass is 16.3. The molecule has 1 spiro atoms. The molecule has 0 aliphatic heterocycles. The summed E-state index contributed by atoms with van der Waals surface area (Å²) in [7, 11) is 0. The van der Waals surface area contributed by atoms with Crippen LogP contribution in [0.25, 0.3) is 87.7 Å². The van der Waals surface area contributed by atoms with Crippen molar-refractivity contribution in [1.29, 1.82) is 0 Å². The smallest absolute Gasteiger partial charge is 0.135 e. The quantitative estimate of drug-likeness (QED) is 0.166. The average molecular weight is 931 g/mol. The fourth-order valence-electron chi connectivity index (χ4n) is 12.6. The number of fused-ring (bicyclic) bond motifs is 18. The van der Waals surface area contributed by atoms with Crippen LogP contribution >= 0.6 is 0 Å². The molecule has 2 aliphatic rings. The Morgan fingerprint density at radius 3 is 1.10 bits per heavy atom. The maximum absolute atomic E-state index is 6.30. The third kappa shape index (κ3) is 5.77. The van der Waals surface area contributed by atoms with Gasteiger partial charge in [0.25, 0.3) is 0 Å². The largest absolute Gasteiger partial charge is 0.456 e. The lowest BCUT2D eigenvalue weighted by atomic mass is 9.70. The number of anilines is 6. The molecule has 0 radical (unpaired) electrons. The molecule has 73 heavy (non-hydrogen) atoms. The monoisotopic (exact) mass is 930 g/mol. The Labute approximate surface area is 420 Å². The average Bonchev–Trinajstić information content (AvgIpc) is 4.17. The number of para-hydroxylation sites is 4. The molecule has 14 aromatic rings. The Morgan fingerprint density at radius 2 is 0.616 bits per heavy atom. The molecule has 2 aromatic heterocycles. The number of furan rings is 2. The van der Waals surface area contributed by atoms with E-state index < -0.39 is 5.41 Å². The molecule has 4 heteroatoms. The molecule has 16 rings (SSSR count). The van der Waals surface area contributed by atoms with Crippen molar-refractivity contribution in [2.45, 2.75) is 5.41 Å². The molecule has 0 unspecified atom stereocenters. The molecule has 0 amide bonds. The minimum atomic E-state index is -0.550. The van der Waals surface area contributed by atoms with Crippen molar-refractivity contribution in [3.05, 3.63) is 277 Å². The van der Waals surface area contributed by atoms with Gasteiger partial charge in [-0.25, -0.2) is 0 Å². The molecule has 0 atom stereocenters. The van der Waals surface area contributed by atoms with Crippen LogP contribution in [0.3, 0.4) is 0 Å². The molecule has 12 aromatic carbocycles. The summed E-state index contributed by atoms with van der Waals surface area (Å²) in [6.07, 6.45) is 0. The van der Waals surface area contributed by atoms with Crippen LogP contribution in [-0.2, 0) is 5.41 Å². The highest BCUT2D eigenvalue weighted by Gasteiger charge is 2.52. The van der Waals surface area contributed by atoms with Gasteiger partial charge in [-0.05, 0) is 187 Å². The molecule has 0 fully saturated rings. The van der Waals surface area contributed by atoms with E-state index in [1.807, 2.05) is 24.3 Å². The topological polar surface area (TPSA) is 32.8 Å². The summed E-state index contributed by atoms with van der Waals surface area (Å²) < 4.78 is 12.6. The third-order valence-electron chi connectivity index (χ3n) is 15.8. The molecule has 340 valence electrons. The Hall–Kier alpha value is -9.64. The van der Waals surface area contributed by atoms with Gasteiger partial charge in [0.15, 0.2) is 0 Å². The van der Waals surface area contributed by atoms with Crippen LogP contribution in [0.2, 0.25) is 0 Å². The van der Waals surface area contributed by atoms with Gasteiger partial charge in [0.2, 0.25) is 0 Å². The van der Waals surface area contributed by atoms with E-state index >= 15 is 0 Å². The molecule has 0 saturated heterocycles.